The van der Waals surface area contributed by atoms with E-state index in [1.807, 2.05) is 30.3 Å². The fraction of sp³-hybridized carbons (Fsp3) is 0.364. The molecule has 0 spiro atoms. The molecule has 4 rings (SSSR count). The molecule has 0 unspecified atom stereocenters. The number of ether oxygens (including phenoxy) is 1. The van der Waals surface area contributed by atoms with E-state index in [1.54, 1.807) is 7.11 Å². The second kappa shape index (κ2) is 7.32. The highest BCUT2D eigenvalue weighted by Gasteiger charge is 2.22. The number of methoxy groups -OCH3 is 1. The zero-order chi connectivity index (χ0) is 17.9. The highest BCUT2D eigenvalue weighted by Crippen LogP contribution is 2.31. The number of hydrogen-bond acceptors (Lipinski definition) is 4. The van der Waals surface area contributed by atoms with E-state index in [2.05, 4.69) is 30.1 Å². The number of hydrogen-bond donors (Lipinski definition) is 0. The first kappa shape index (κ1) is 16.8. The number of rotatable bonds is 4. The Balaban J connectivity index is 1.79. The van der Waals surface area contributed by atoms with Gasteiger partial charge in [-0.1, -0.05) is 31.4 Å². The molecule has 1 aliphatic rings. The molecule has 4 nitrogen and oxygen atoms in total. The monoisotopic (exact) mass is 347 g/mol. The summed E-state index contributed by atoms with van der Waals surface area (Å²) in [4.78, 5) is 12.2. The quantitative estimate of drug-likeness (QED) is 0.660. The van der Waals surface area contributed by atoms with Gasteiger partial charge in [-0.3, -0.25) is 0 Å². The molecule has 0 atom stereocenters. The molecule has 0 amide bonds. The van der Waals surface area contributed by atoms with Gasteiger partial charge in [0.1, 0.15) is 11.6 Å². The topological polar surface area (TPSA) is 38.2 Å². The average Bonchev–Trinajstić information content (AvgIpc) is 2.73. The maximum Gasteiger partial charge on any atom is 0.162 e. The van der Waals surface area contributed by atoms with E-state index in [0.29, 0.717) is 6.04 Å². The number of aromatic nitrogens is 2. The Morgan fingerprint density at radius 3 is 2.38 bits per heavy atom. The van der Waals surface area contributed by atoms with Gasteiger partial charge in [0.05, 0.1) is 12.6 Å². The molecule has 1 heterocycles. The Hall–Kier alpha value is -2.62. The Kier molecular flexibility index (Phi) is 4.74. The number of benzene rings is 2. The van der Waals surface area contributed by atoms with Crippen molar-refractivity contribution in [2.75, 3.05) is 19.1 Å². The van der Waals surface area contributed by atoms with Crippen LogP contribution in [0.1, 0.15) is 32.1 Å². The lowest BCUT2D eigenvalue weighted by molar-refractivity contribution is 0.415. The minimum absolute atomic E-state index is 0.561. The van der Waals surface area contributed by atoms with Crippen molar-refractivity contribution in [3.63, 3.8) is 0 Å². The number of nitrogens with zero attached hydrogens (tertiary/aromatic N) is 3. The van der Waals surface area contributed by atoms with Gasteiger partial charge in [-0.15, -0.1) is 0 Å². The SMILES string of the molecule is COc1ccc(-c2nc(N(C)C3CCCCC3)c3ccccc3n2)cc1. The van der Waals surface area contributed by atoms with Gasteiger partial charge in [0.25, 0.3) is 0 Å². The van der Waals surface area contributed by atoms with Crippen LogP contribution in [-0.4, -0.2) is 30.2 Å². The van der Waals surface area contributed by atoms with Gasteiger partial charge in [-0.25, -0.2) is 9.97 Å². The van der Waals surface area contributed by atoms with E-state index in [0.717, 1.165) is 33.9 Å². The molecular weight excluding hydrogens is 322 g/mol. The van der Waals surface area contributed by atoms with E-state index in [-0.39, 0.29) is 0 Å². The van der Waals surface area contributed by atoms with Gasteiger partial charge >= 0.3 is 0 Å². The fourth-order valence-corrected chi connectivity index (χ4v) is 3.84. The zero-order valence-corrected chi connectivity index (χ0v) is 15.5. The molecule has 1 aliphatic carbocycles. The molecule has 1 fully saturated rings. The standard InChI is InChI=1S/C22H25N3O/c1-25(17-8-4-3-5-9-17)22-19-10-6-7-11-20(19)23-21(24-22)16-12-14-18(26-2)15-13-16/h6-7,10-15,17H,3-5,8-9H2,1-2H3. The van der Waals surface area contributed by atoms with Gasteiger partial charge in [-0.2, -0.15) is 0 Å². The van der Waals surface area contributed by atoms with Crippen LogP contribution in [-0.2, 0) is 0 Å². The van der Waals surface area contributed by atoms with Crippen molar-refractivity contribution < 1.29 is 4.74 Å². The Labute approximate surface area is 154 Å². The van der Waals surface area contributed by atoms with Crippen LogP contribution in [0.4, 0.5) is 5.82 Å². The van der Waals surface area contributed by atoms with E-state index in [1.165, 1.54) is 32.1 Å². The number of anilines is 1. The molecule has 0 N–H and O–H groups in total. The lowest BCUT2D eigenvalue weighted by atomic mass is 9.94. The van der Waals surface area contributed by atoms with Gasteiger partial charge in [0, 0.05) is 24.0 Å². The van der Waals surface area contributed by atoms with Crippen molar-refractivity contribution in [1.82, 2.24) is 9.97 Å². The lowest BCUT2D eigenvalue weighted by Gasteiger charge is -2.32. The summed E-state index contributed by atoms with van der Waals surface area (Å²) in [5.74, 6) is 2.64. The summed E-state index contributed by atoms with van der Waals surface area (Å²) in [7, 11) is 3.86. The summed E-state index contributed by atoms with van der Waals surface area (Å²) in [6.45, 7) is 0. The van der Waals surface area contributed by atoms with Crippen LogP contribution in [0.25, 0.3) is 22.3 Å². The molecule has 0 aliphatic heterocycles. The van der Waals surface area contributed by atoms with Gasteiger partial charge in [-0.05, 0) is 49.2 Å². The summed E-state index contributed by atoms with van der Waals surface area (Å²) in [5, 5.41) is 1.12. The molecule has 134 valence electrons. The Morgan fingerprint density at radius 1 is 0.923 bits per heavy atom. The second-order valence-electron chi connectivity index (χ2n) is 7.02. The zero-order valence-electron chi connectivity index (χ0n) is 15.5. The van der Waals surface area contributed by atoms with Crippen molar-refractivity contribution in [1.29, 1.82) is 0 Å². The summed E-state index contributed by atoms with van der Waals surface area (Å²) >= 11 is 0. The molecule has 1 aromatic heterocycles. The summed E-state index contributed by atoms with van der Waals surface area (Å²) in [5.41, 5.74) is 2.00. The molecule has 4 heteroatoms. The molecule has 3 aromatic rings. The van der Waals surface area contributed by atoms with Crippen molar-refractivity contribution in [3.8, 4) is 17.1 Å². The van der Waals surface area contributed by atoms with Gasteiger partial charge in [0.15, 0.2) is 5.82 Å². The molecule has 26 heavy (non-hydrogen) atoms. The fourth-order valence-electron chi connectivity index (χ4n) is 3.84. The third-order valence-corrected chi connectivity index (χ3v) is 5.39. The van der Waals surface area contributed by atoms with E-state index in [4.69, 9.17) is 14.7 Å². The van der Waals surface area contributed by atoms with Crippen molar-refractivity contribution in [2.24, 2.45) is 0 Å². The van der Waals surface area contributed by atoms with Crippen LogP contribution >= 0.6 is 0 Å². The smallest absolute Gasteiger partial charge is 0.162 e. The van der Waals surface area contributed by atoms with Crippen LogP contribution in [0, 0.1) is 0 Å². The van der Waals surface area contributed by atoms with Crippen LogP contribution in [0.2, 0.25) is 0 Å². The molecule has 0 radical (unpaired) electrons. The van der Waals surface area contributed by atoms with Crippen LogP contribution in [0.5, 0.6) is 5.75 Å². The largest absolute Gasteiger partial charge is 0.497 e. The third-order valence-electron chi connectivity index (χ3n) is 5.39. The average molecular weight is 347 g/mol. The minimum atomic E-state index is 0.561. The maximum atomic E-state index is 5.27. The number of para-hydroxylation sites is 1. The van der Waals surface area contributed by atoms with E-state index >= 15 is 0 Å². The number of fused-ring (bicyclic) bond motifs is 1. The minimum Gasteiger partial charge on any atom is -0.497 e. The first-order valence-electron chi connectivity index (χ1n) is 9.40. The third kappa shape index (κ3) is 3.24. The Bertz CT molecular complexity index is 886. The predicted molar refractivity (Wildman–Crippen MR) is 107 cm³/mol. The molecule has 0 saturated heterocycles. The van der Waals surface area contributed by atoms with E-state index in [9.17, 15) is 0 Å². The first-order chi connectivity index (χ1) is 12.8. The van der Waals surface area contributed by atoms with Gasteiger partial charge < -0.3 is 9.64 Å². The highest BCUT2D eigenvalue weighted by atomic mass is 16.5. The predicted octanol–water partition coefficient (Wildman–Crippen LogP) is 5.07. The first-order valence-corrected chi connectivity index (χ1v) is 9.40. The lowest BCUT2D eigenvalue weighted by Crippen LogP contribution is -2.34. The van der Waals surface area contributed by atoms with Crippen LogP contribution in [0.3, 0.4) is 0 Å². The molecule has 2 aromatic carbocycles. The molecule has 1 saturated carbocycles. The Morgan fingerprint density at radius 2 is 1.65 bits per heavy atom. The molecular formula is C22H25N3O. The highest BCUT2D eigenvalue weighted by molar-refractivity contribution is 5.91. The van der Waals surface area contributed by atoms with E-state index < -0.39 is 0 Å². The maximum absolute atomic E-state index is 5.27. The summed E-state index contributed by atoms with van der Waals surface area (Å²) in [6.07, 6.45) is 6.46. The summed E-state index contributed by atoms with van der Waals surface area (Å²) in [6, 6.07) is 16.8. The van der Waals surface area contributed by atoms with Crippen molar-refractivity contribution in [2.45, 2.75) is 38.1 Å². The van der Waals surface area contributed by atoms with Crippen LogP contribution < -0.4 is 9.64 Å². The van der Waals surface area contributed by atoms with Crippen molar-refractivity contribution in [3.05, 3.63) is 48.5 Å². The summed E-state index contributed by atoms with van der Waals surface area (Å²) < 4.78 is 5.27. The van der Waals surface area contributed by atoms with Crippen molar-refractivity contribution >= 4 is 16.7 Å². The van der Waals surface area contributed by atoms with Gasteiger partial charge in [0.2, 0.25) is 0 Å². The normalized spacial score (nSPS) is 15.2. The second-order valence-corrected chi connectivity index (χ2v) is 7.02. The van der Waals surface area contributed by atoms with Crippen LogP contribution in [0.15, 0.2) is 48.5 Å². The molecule has 0 bridgehead atoms.